The molecule has 194 valence electrons. The lowest BCUT2D eigenvalue weighted by Crippen LogP contribution is -2.28. The Morgan fingerprint density at radius 2 is 1.62 bits per heavy atom. The quantitative estimate of drug-likeness (QED) is 0.288. The number of hydrogen-bond acceptors (Lipinski definition) is 4. The van der Waals surface area contributed by atoms with Gasteiger partial charge in [0.1, 0.15) is 17.2 Å². The first-order chi connectivity index (χ1) is 19.0. The molecular weight excluding hydrogens is 490 g/mol. The van der Waals surface area contributed by atoms with Crippen LogP contribution in [0.1, 0.15) is 34.0 Å². The molecule has 1 aliphatic heterocycles. The van der Waals surface area contributed by atoms with Crippen LogP contribution in [0.2, 0.25) is 0 Å². The molecule has 0 radical (unpaired) electrons. The molecule has 0 bridgehead atoms. The van der Waals surface area contributed by atoms with E-state index in [9.17, 15) is 9.59 Å². The van der Waals surface area contributed by atoms with Crippen LogP contribution in [0.4, 0.5) is 0 Å². The maximum Gasteiger partial charge on any atom is 0.269 e. The van der Waals surface area contributed by atoms with Gasteiger partial charge in [-0.1, -0.05) is 55.1 Å². The zero-order chi connectivity index (χ0) is 26.9. The summed E-state index contributed by atoms with van der Waals surface area (Å²) in [5, 5.41) is 3.15. The van der Waals surface area contributed by atoms with Gasteiger partial charge in [-0.3, -0.25) is 14.7 Å². The van der Waals surface area contributed by atoms with E-state index in [2.05, 4.69) is 11.7 Å². The van der Waals surface area contributed by atoms with E-state index in [1.165, 1.54) is 0 Å². The van der Waals surface area contributed by atoms with E-state index >= 15 is 0 Å². The topological polar surface area (TPSA) is 106 Å². The van der Waals surface area contributed by atoms with Crippen molar-refractivity contribution >= 4 is 23.0 Å². The Bertz CT molecular complexity index is 1670. The van der Waals surface area contributed by atoms with Crippen LogP contribution in [-0.4, -0.2) is 44.4 Å². The number of aromatic nitrogens is 3. The fourth-order valence-corrected chi connectivity index (χ4v) is 5.12. The number of nitrogens with zero attached hydrogens (tertiary/aromatic N) is 3. The summed E-state index contributed by atoms with van der Waals surface area (Å²) in [6, 6.07) is 26.4. The second-order valence-corrected chi connectivity index (χ2v) is 9.58. The van der Waals surface area contributed by atoms with E-state index in [4.69, 9.17) is 15.5 Å². The number of aromatic amines is 1. The van der Waals surface area contributed by atoms with Gasteiger partial charge < -0.3 is 15.4 Å². The fraction of sp³-hybridized carbons (Fsp3) is 0.129. The van der Waals surface area contributed by atoms with Crippen molar-refractivity contribution in [1.82, 2.24) is 19.5 Å². The number of imidazole rings is 1. The van der Waals surface area contributed by atoms with Gasteiger partial charge in [0.25, 0.3) is 11.8 Å². The minimum atomic E-state index is -0.585. The first-order valence-electron chi connectivity index (χ1n) is 12.8. The maximum absolute atomic E-state index is 13.1. The van der Waals surface area contributed by atoms with Gasteiger partial charge in [-0.05, 0) is 48.4 Å². The standard InChI is InChI=1S/C31H27N5O3/c1-20(21-8-4-2-5-9-21)31(38)35-17-16-23(19-35)26-18-33-36-28(29(32)37)27(34-30(26)36)22-12-14-25(15-13-22)39-24-10-6-3-7-11-24/h2-15,18,23,33H,1,16-17,19H2,(H2,32,37). The van der Waals surface area contributed by atoms with Crippen LogP contribution >= 0.6 is 0 Å². The molecule has 6 rings (SSSR count). The van der Waals surface area contributed by atoms with Gasteiger partial charge >= 0.3 is 0 Å². The van der Waals surface area contributed by atoms with Crippen LogP contribution in [0.15, 0.2) is 97.7 Å². The largest absolute Gasteiger partial charge is 0.457 e. The molecule has 1 aliphatic rings. The molecule has 5 aromatic rings. The van der Waals surface area contributed by atoms with Crippen LogP contribution in [0.5, 0.6) is 11.5 Å². The number of carbonyl (C=O) groups excluding carboxylic acids is 2. The van der Waals surface area contributed by atoms with Gasteiger partial charge in [0, 0.05) is 41.9 Å². The third kappa shape index (κ3) is 4.57. The van der Waals surface area contributed by atoms with Crippen LogP contribution < -0.4 is 10.5 Å². The van der Waals surface area contributed by atoms with E-state index in [0.29, 0.717) is 35.8 Å². The molecule has 0 saturated carbocycles. The molecule has 2 amide bonds. The molecule has 3 N–H and O–H groups in total. The lowest BCUT2D eigenvalue weighted by molar-refractivity contribution is -0.124. The zero-order valence-corrected chi connectivity index (χ0v) is 21.2. The highest BCUT2D eigenvalue weighted by Crippen LogP contribution is 2.34. The number of H-pyrrole nitrogens is 1. The van der Waals surface area contributed by atoms with E-state index in [-0.39, 0.29) is 17.5 Å². The number of ether oxygens (including phenoxy) is 1. The molecule has 8 heteroatoms. The zero-order valence-electron chi connectivity index (χ0n) is 21.2. The fourth-order valence-electron chi connectivity index (χ4n) is 5.12. The summed E-state index contributed by atoms with van der Waals surface area (Å²) in [4.78, 5) is 32.3. The molecule has 1 fully saturated rings. The van der Waals surface area contributed by atoms with Crippen LogP contribution in [0, 0.1) is 0 Å². The summed E-state index contributed by atoms with van der Waals surface area (Å²) < 4.78 is 7.52. The van der Waals surface area contributed by atoms with E-state index < -0.39 is 5.91 Å². The summed E-state index contributed by atoms with van der Waals surface area (Å²) in [7, 11) is 0. The number of likely N-dealkylation sites (tertiary alicyclic amines) is 1. The number of hydrogen-bond donors (Lipinski definition) is 2. The summed E-state index contributed by atoms with van der Waals surface area (Å²) in [6.45, 7) is 5.19. The smallest absolute Gasteiger partial charge is 0.269 e. The molecule has 2 aromatic heterocycles. The van der Waals surface area contributed by atoms with Crippen molar-refractivity contribution in [2.24, 2.45) is 5.73 Å². The lowest BCUT2D eigenvalue weighted by atomic mass is 10.0. The molecule has 1 unspecified atom stereocenters. The van der Waals surface area contributed by atoms with Crippen molar-refractivity contribution < 1.29 is 14.3 Å². The predicted octanol–water partition coefficient (Wildman–Crippen LogP) is 5.25. The summed E-state index contributed by atoms with van der Waals surface area (Å²) in [6.07, 6.45) is 2.63. The van der Waals surface area contributed by atoms with Gasteiger partial charge in [-0.25, -0.2) is 9.50 Å². The van der Waals surface area contributed by atoms with Crippen molar-refractivity contribution in [2.45, 2.75) is 12.3 Å². The van der Waals surface area contributed by atoms with Crippen molar-refractivity contribution in [3.8, 4) is 22.8 Å². The lowest BCUT2D eigenvalue weighted by Gasteiger charge is -2.18. The number of para-hydroxylation sites is 1. The number of amides is 2. The number of fused-ring (bicyclic) bond motifs is 1. The number of carbonyl (C=O) groups is 2. The Hall–Kier alpha value is -5.11. The Labute approximate surface area is 225 Å². The van der Waals surface area contributed by atoms with Gasteiger partial charge in [-0.2, -0.15) is 0 Å². The van der Waals surface area contributed by atoms with Gasteiger partial charge in [-0.15, -0.1) is 0 Å². The average molecular weight is 518 g/mol. The number of nitrogens with two attached hydrogens (primary N) is 1. The van der Waals surface area contributed by atoms with E-state index in [1.54, 1.807) is 4.52 Å². The van der Waals surface area contributed by atoms with Gasteiger partial charge in [0.05, 0.1) is 0 Å². The second-order valence-electron chi connectivity index (χ2n) is 9.58. The Morgan fingerprint density at radius 1 is 0.949 bits per heavy atom. The van der Waals surface area contributed by atoms with Crippen molar-refractivity contribution in [1.29, 1.82) is 0 Å². The number of nitrogens with one attached hydrogen (secondary N) is 1. The van der Waals surface area contributed by atoms with E-state index in [0.717, 1.165) is 28.9 Å². The molecule has 8 nitrogen and oxygen atoms in total. The first kappa shape index (κ1) is 24.2. The van der Waals surface area contributed by atoms with Crippen LogP contribution in [-0.2, 0) is 4.79 Å². The minimum Gasteiger partial charge on any atom is -0.457 e. The number of rotatable bonds is 7. The SMILES string of the molecule is C=C(C(=O)N1CCC(c2c[nH]n3c(C(N)=O)c(-c4ccc(Oc5ccccc5)cc4)nc23)C1)c1ccccc1. The molecule has 1 atom stereocenters. The minimum absolute atomic E-state index is 0.0592. The Balaban J connectivity index is 1.26. The monoisotopic (exact) mass is 517 g/mol. The van der Waals surface area contributed by atoms with Gasteiger partial charge in [0.2, 0.25) is 0 Å². The number of benzene rings is 3. The van der Waals surface area contributed by atoms with Crippen LogP contribution in [0.3, 0.4) is 0 Å². The highest BCUT2D eigenvalue weighted by Gasteiger charge is 2.32. The van der Waals surface area contributed by atoms with Gasteiger partial charge in [0.15, 0.2) is 11.3 Å². The highest BCUT2D eigenvalue weighted by atomic mass is 16.5. The third-order valence-corrected chi connectivity index (χ3v) is 7.12. The molecule has 39 heavy (non-hydrogen) atoms. The predicted molar refractivity (Wildman–Crippen MR) is 149 cm³/mol. The molecule has 3 aromatic carbocycles. The summed E-state index contributed by atoms with van der Waals surface area (Å²) in [5.41, 5.74) is 10.2. The molecule has 0 aliphatic carbocycles. The van der Waals surface area contributed by atoms with Crippen molar-refractivity contribution in [3.63, 3.8) is 0 Å². The number of primary amides is 1. The molecule has 3 heterocycles. The van der Waals surface area contributed by atoms with Crippen LogP contribution in [0.25, 0.3) is 22.5 Å². The Kier molecular flexibility index (Phi) is 6.20. The summed E-state index contributed by atoms with van der Waals surface area (Å²) >= 11 is 0. The summed E-state index contributed by atoms with van der Waals surface area (Å²) in [5.74, 6) is 0.806. The highest BCUT2D eigenvalue weighted by molar-refractivity contribution is 6.18. The van der Waals surface area contributed by atoms with Crippen molar-refractivity contribution in [3.05, 3.63) is 115 Å². The third-order valence-electron chi connectivity index (χ3n) is 7.12. The van der Waals surface area contributed by atoms with Crippen molar-refractivity contribution in [2.75, 3.05) is 13.1 Å². The molecule has 1 saturated heterocycles. The average Bonchev–Trinajstić information content (AvgIpc) is 3.69. The molecular formula is C31H27N5O3. The second kappa shape index (κ2) is 9.98. The maximum atomic E-state index is 13.1. The normalized spacial score (nSPS) is 15.0. The Morgan fingerprint density at radius 3 is 2.31 bits per heavy atom. The van der Waals surface area contributed by atoms with E-state index in [1.807, 2.05) is 96.0 Å². The molecule has 0 spiro atoms. The first-order valence-corrected chi connectivity index (χ1v) is 12.8.